The maximum absolute atomic E-state index is 14.4. The Labute approximate surface area is 243 Å². The Bertz CT molecular complexity index is 1580. The normalized spacial score (nSPS) is 19.7. The number of benzene rings is 3. The van der Waals surface area contributed by atoms with E-state index >= 15 is 0 Å². The molecule has 3 aromatic carbocycles. The molecule has 216 valence electrons. The molecule has 1 amide bonds. The molecule has 1 N–H and O–H groups in total. The summed E-state index contributed by atoms with van der Waals surface area (Å²) in [6, 6.07) is 22.8. The SMILES string of the molecule is COc1ccc(-c2nc(CN3Cc4ccccc4C[C@@]4(N=C(c5ccc(OCCCO)cc5)O[C@H]4C)C3=O)no2)cc1. The summed E-state index contributed by atoms with van der Waals surface area (Å²) in [5.74, 6) is 2.45. The van der Waals surface area contributed by atoms with E-state index in [-0.39, 0.29) is 19.1 Å². The van der Waals surface area contributed by atoms with Crippen molar-refractivity contribution in [1.82, 2.24) is 15.0 Å². The van der Waals surface area contributed by atoms with Crippen LogP contribution in [0.1, 0.15) is 35.9 Å². The monoisotopic (exact) mass is 568 g/mol. The zero-order chi connectivity index (χ0) is 29.1. The van der Waals surface area contributed by atoms with Crippen molar-refractivity contribution in [3.8, 4) is 23.0 Å². The van der Waals surface area contributed by atoms with E-state index < -0.39 is 11.6 Å². The highest BCUT2D eigenvalue weighted by molar-refractivity contribution is 6.01. The van der Waals surface area contributed by atoms with Crippen LogP contribution in [-0.2, 0) is 29.0 Å². The van der Waals surface area contributed by atoms with E-state index in [1.165, 1.54) is 0 Å². The second-order valence-corrected chi connectivity index (χ2v) is 10.4. The number of hydrogen-bond acceptors (Lipinski definition) is 9. The first-order chi connectivity index (χ1) is 20.5. The molecule has 4 aromatic rings. The van der Waals surface area contributed by atoms with Crippen LogP contribution in [-0.4, -0.2) is 63.9 Å². The van der Waals surface area contributed by atoms with Gasteiger partial charge in [-0.05, 0) is 66.6 Å². The Hall–Kier alpha value is -4.70. The molecule has 10 nitrogen and oxygen atoms in total. The summed E-state index contributed by atoms with van der Waals surface area (Å²) in [7, 11) is 1.61. The smallest absolute Gasteiger partial charge is 0.257 e. The number of amides is 1. The lowest BCUT2D eigenvalue weighted by atomic mass is 9.85. The number of carbonyl (C=O) groups is 1. The fourth-order valence-corrected chi connectivity index (χ4v) is 5.32. The van der Waals surface area contributed by atoms with Crippen LogP contribution >= 0.6 is 0 Å². The number of nitrogens with zero attached hydrogens (tertiary/aromatic N) is 4. The predicted octanol–water partition coefficient (Wildman–Crippen LogP) is 4.20. The Morgan fingerprint density at radius 2 is 1.71 bits per heavy atom. The van der Waals surface area contributed by atoms with Crippen LogP contribution in [0.3, 0.4) is 0 Å². The fraction of sp³-hybridized carbons (Fsp3) is 0.312. The quantitative estimate of drug-likeness (QED) is 0.299. The van der Waals surface area contributed by atoms with E-state index in [1.807, 2.05) is 79.7 Å². The Kier molecular flexibility index (Phi) is 7.62. The number of aliphatic hydroxyl groups is 1. The van der Waals surface area contributed by atoms with Crippen molar-refractivity contribution in [3.05, 3.63) is 95.3 Å². The van der Waals surface area contributed by atoms with Gasteiger partial charge in [0.15, 0.2) is 11.4 Å². The number of aromatic nitrogens is 2. The molecule has 42 heavy (non-hydrogen) atoms. The number of hydrogen-bond donors (Lipinski definition) is 1. The van der Waals surface area contributed by atoms with Crippen molar-refractivity contribution in [2.45, 2.75) is 44.5 Å². The van der Waals surface area contributed by atoms with E-state index in [0.29, 0.717) is 49.4 Å². The first kappa shape index (κ1) is 27.5. The molecular formula is C32H32N4O6. The van der Waals surface area contributed by atoms with Gasteiger partial charge >= 0.3 is 0 Å². The lowest BCUT2D eigenvalue weighted by Crippen LogP contribution is -2.52. The van der Waals surface area contributed by atoms with Gasteiger partial charge < -0.3 is 28.7 Å². The number of aliphatic imine (C=N–C) groups is 1. The summed E-state index contributed by atoms with van der Waals surface area (Å²) >= 11 is 0. The second-order valence-electron chi connectivity index (χ2n) is 10.4. The molecule has 3 heterocycles. The van der Waals surface area contributed by atoms with Crippen LogP contribution in [0.25, 0.3) is 11.5 Å². The highest BCUT2D eigenvalue weighted by Gasteiger charge is 2.53. The summed E-state index contributed by atoms with van der Waals surface area (Å²) in [5.41, 5.74) is 2.46. The Morgan fingerprint density at radius 1 is 1.00 bits per heavy atom. The maximum atomic E-state index is 14.4. The van der Waals surface area contributed by atoms with Crippen molar-refractivity contribution >= 4 is 11.8 Å². The minimum absolute atomic E-state index is 0.0768. The Balaban J connectivity index is 1.29. The summed E-state index contributed by atoms with van der Waals surface area (Å²) in [6.07, 6.45) is 0.466. The van der Waals surface area contributed by atoms with E-state index in [9.17, 15) is 4.79 Å². The first-order valence-corrected chi connectivity index (χ1v) is 13.9. The van der Waals surface area contributed by atoms with E-state index in [1.54, 1.807) is 12.0 Å². The summed E-state index contributed by atoms with van der Waals surface area (Å²) < 4.78 is 22.7. The molecule has 2 atom stereocenters. The molecule has 0 bridgehead atoms. The molecule has 0 saturated heterocycles. The third-order valence-electron chi connectivity index (χ3n) is 7.67. The molecule has 0 radical (unpaired) electrons. The van der Waals surface area contributed by atoms with E-state index in [2.05, 4.69) is 10.1 Å². The van der Waals surface area contributed by atoms with Crippen LogP contribution in [0, 0.1) is 0 Å². The molecular weight excluding hydrogens is 536 g/mol. The Morgan fingerprint density at radius 3 is 2.45 bits per heavy atom. The number of ether oxygens (including phenoxy) is 3. The van der Waals surface area contributed by atoms with Crippen LogP contribution < -0.4 is 9.47 Å². The van der Waals surface area contributed by atoms with Crippen LogP contribution in [0.15, 0.2) is 82.3 Å². The third kappa shape index (κ3) is 5.33. The lowest BCUT2D eigenvalue weighted by molar-refractivity contribution is -0.140. The molecule has 2 aliphatic rings. The van der Waals surface area contributed by atoms with Crippen molar-refractivity contribution < 1.29 is 28.6 Å². The lowest BCUT2D eigenvalue weighted by Gasteiger charge is -2.31. The molecule has 6 rings (SSSR count). The first-order valence-electron chi connectivity index (χ1n) is 13.9. The molecule has 0 fully saturated rings. The molecule has 0 unspecified atom stereocenters. The average molecular weight is 569 g/mol. The van der Waals surface area contributed by atoms with Crippen LogP contribution in [0.4, 0.5) is 0 Å². The van der Waals surface area contributed by atoms with Crippen LogP contribution in [0.2, 0.25) is 0 Å². The standard InChI is InChI=1S/C32H32N4O6/c1-21-32(34-30(41-21)23-10-14-27(15-11-23)40-17-5-16-37)18-24-6-3-4-7-25(24)19-36(31(32)38)20-28-33-29(42-35-28)22-8-12-26(39-2)13-9-22/h3-4,6-15,21,37H,5,16-20H2,1-2H3/t21-,32-/m0/s1. The van der Waals surface area contributed by atoms with Gasteiger partial charge in [0.1, 0.15) is 17.6 Å². The van der Waals surface area contributed by atoms with E-state index in [4.69, 9.17) is 28.8 Å². The summed E-state index contributed by atoms with van der Waals surface area (Å²) in [5, 5.41) is 13.2. The number of methoxy groups -OCH3 is 1. The van der Waals surface area contributed by atoms with Gasteiger partial charge in [-0.1, -0.05) is 29.4 Å². The van der Waals surface area contributed by atoms with Gasteiger partial charge in [-0.3, -0.25) is 4.79 Å². The average Bonchev–Trinajstić information content (AvgIpc) is 3.59. The van der Waals surface area contributed by atoms with Gasteiger partial charge in [0.2, 0.25) is 5.90 Å². The van der Waals surface area contributed by atoms with Crippen molar-refractivity contribution in [2.24, 2.45) is 4.99 Å². The highest BCUT2D eigenvalue weighted by Crippen LogP contribution is 2.38. The topological polar surface area (TPSA) is 120 Å². The second kappa shape index (κ2) is 11.7. The third-order valence-corrected chi connectivity index (χ3v) is 7.67. The van der Waals surface area contributed by atoms with Gasteiger partial charge in [-0.25, -0.2) is 4.99 Å². The number of fused-ring (bicyclic) bond motifs is 1. The predicted molar refractivity (Wildman–Crippen MR) is 154 cm³/mol. The largest absolute Gasteiger partial charge is 0.497 e. The molecule has 10 heteroatoms. The van der Waals surface area contributed by atoms with Crippen molar-refractivity contribution in [2.75, 3.05) is 20.3 Å². The molecule has 2 aliphatic heterocycles. The van der Waals surface area contributed by atoms with Gasteiger partial charge in [0, 0.05) is 37.1 Å². The molecule has 1 aromatic heterocycles. The van der Waals surface area contributed by atoms with Crippen molar-refractivity contribution in [3.63, 3.8) is 0 Å². The minimum atomic E-state index is -1.15. The minimum Gasteiger partial charge on any atom is -0.497 e. The highest BCUT2D eigenvalue weighted by atomic mass is 16.5. The molecule has 1 spiro atoms. The van der Waals surface area contributed by atoms with Crippen molar-refractivity contribution in [1.29, 1.82) is 0 Å². The molecule has 0 aliphatic carbocycles. The van der Waals surface area contributed by atoms with Gasteiger partial charge in [0.25, 0.3) is 11.8 Å². The maximum Gasteiger partial charge on any atom is 0.257 e. The number of aliphatic hydroxyl groups excluding tert-OH is 1. The van der Waals surface area contributed by atoms with Gasteiger partial charge in [0.05, 0.1) is 20.3 Å². The fourth-order valence-electron chi connectivity index (χ4n) is 5.32. The zero-order valence-corrected chi connectivity index (χ0v) is 23.5. The van der Waals surface area contributed by atoms with E-state index in [0.717, 1.165) is 28.0 Å². The van der Waals surface area contributed by atoms with Gasteiger partial charge in [-0.15, -0.1) is 0 Å². The van der Waals surface area contributed by atoms with Gasteiger partial charge in [-0.2, -0.15) is 4.98 Å². The molecule has 0 saturated carbocycles. The summed E-state index contributed by atoms with van der Waals surface area (Å²) in [6.45, 7) is 2.95. The zero-order valence-electron chi connectivity index (χ0n) is 23.5. The summed E-state index contributed by atoms with van der Waals surface area (Å²) in [4.78, 5) is 25.7. The van der Waals surface area contributed by atoms with Crippen LogP contribution in [0.5, 0.6) is 11.5 Å². The number of carbonyl (C=O) groups excluding carboxylic acids is 1. The number of rotatable bonds is 9.